The van der Waals surface area contributed by atoms with Gasteiger partial charge in [0.2, 0.25) is 5.15 Å². The molecule has 88 valence electrons. The van der Waals surface area contributed by atoms with Crippen molar-refractivity contribution in [3.8, 4) is 0 Å². The molecule has 0 saturated carbocycles. The molecule has 0 atom stereocenters. The first-order chi connectivity index (χ1) is 7.58. The number of piperidine rings is 1. The van der Waals surface area contributed by atoms with E-state index in [9.17, 15) is 10.1 Å². The van der Waals surface area contributed by atoms with Gasteiger partial charge in [0.05, 0.1) is 11.0 Å². The third-order valence-corrected chi connectivity index (χ3v) is 3.20. The molecule has 1 aliphatic heterocycles. The lowest BCUT2D eigenvalue weighted by molar-refractivity contribution is -0.384. The Morgan fingerprint density at radius 1 is 1.56 bits per heavy atom. The Kier molecular flexibility index (Phi) is 3.11. The number of nitrogens with zero attached hydrogens (tertiary/aromatic N) is 4. The van der Waals surface area contributed by atoms with Crippen LogP contribution in [-0.4, -0.2) is 39.7 Å². The van der Waals surface area contributed by atoms with Crippen LogP contribution in [-0.2, 0) is 0 Å². The molecule has 0 amide bonds. The minimum atomic E-state index is -0.499. The Hall–Kier alpha value is -1.14. The average molecular weight is 245 g/mol. The fourth-order valence-electron chi connectivity index (χ4n) is 1.93. The van der Waals surface area contributed by atoms with Gasteiger partial charge in [-0.25, -0.2) is 0 Å². The Morgan fingerprint density at radius 3 is 2.69 bits per heavy atom. The lowest BCUT2D eigenvalue weighted by Crippen LogP contribution is -2.31. The van der Waals surface area contributed by atoms with Gasteiger partial charge in [-0.3, -0.25) is 14.8 Å². The van der Waals surface area contributed by atoms with Crippen molar-refractivity contribution in [3.63, 3.8) is 0 Å². The fourth-order valence-corrected chi connectivity index (χ4v) is 2.13. The summed E-state index contributed by atoms with van der Waals surface area (Å²) in [4.78, 5) is 12.4. The van der Waals surface area contributed by atoms with Gasteiger partial charge >= 0.3 is 5.69 Å². The summed E-state index contributed by atoms with van der Waals surface area (Å²) in [6, 6.07) is 0.224. The maximum atomic E-state index is 10.6. The van der Waals surface area contributed by atoms with E-state index in [4.69, 9.17) is 11.6 Å². The molecular formula is C9H13ClN4O2. The monoisotopic (exact) mass is 244 g/mol. The summed E-state index contributed by atoms with van der Waals surface area (Å²) in [6.45, 7) is 1.96. The smallest absolute Gasteiger partial charge is 0.306 e. The number of halogens is 1. The Morgan fingerprint density at radius 2 is 2.19 bits per heavy atom. The first-order valence-electron chi connectivity index (χ1n) is 5.15. The first kappa shape index (κ1) is 11.3. The topological polar surface area (TPSA) is 64.2 Å². The van der Waals surface area contributed by atoms with E-state index in [2.05, 4.69) is 17.0 Å². The van der Waals surface area contributed by atoms with Gasteiger partial charge in [-0.2, -0.15) is 5.10 Å². The molecule has 1 aromatic heterocycles. The van der Waals surface area contributed by atoms with E-state index in [0.717, 1.165) is 25.9 Å². The number of likely N-dealkylation sites (tertiary alicyclic amines) is 1. The van der Waals surface area contributed by atoms with Crippen LogP contribution in [0.1, 0.15) is 18.9 Å². The van der Waals surface area contributed by atoms with Crippen molar-refractivity contribution < 1.29 is 4.92 Å². The first-order valence-corrected chi connectivity index (χ1v) is 5.53. The molecule has 6 nitrogen and oxygen atoms in total. The normalized spacial score (nSPS) is 18.9. The summed E-state index contributed by atoms with van der Waals surface area (Å²) >= 11 is 5.70. The van der Waals surface area contributed by atoms with Crippen molar-refractivity contribution in [1.82, 2.24) is 14.7 Å². The number of rotatable bonds is 2. The van der Waals surface area contributed by atoms with Gasteiger partial charge in [0.15, 0.2) is 0 Å². The minimum Gasteiger partial charge on any atom is -0.306 e. The zero-order valence-electron chi connectivity index (χ0n) is 8.97. The van der Waals surface area contributed by atoms with E-state index < -0.39 is 4.92 Å². The van der Waals surface area contributed by atoms with Crippen molar-refractivity contribution in [1.29, 1.82) is 0 Å². The highest BCUT2D eigenvalue weighted by molar-refractivity contribution is 6.31. The predicted molar refractivity (Wildman–Crippen MR) is 59.7 cm³/mol. The van der Waals surface area contributed by atoms with Crippen LogP contribution >= 0.6 is 11.6 Å². The van der Waals surface area contributed by atoms with E-state index in [1.165, 1.54) is 6.20 Å². The molecule has 2 rings (SSSR count). The van der Waals surface area contributed by atoms with E-state index in [1.54, 1.807) is 4.68 Å². The van der Waals surface area contributed by atoms with Crippen LogP contribution in [0.4, 0.5) is 5.69 Å². The highest BCUT2D eigenvalue weighted by Crippen LogP contribution is 2.27. The molecule has 0 unspecified atom stereocenters. The highest BCUT2D eigenvalue weighted by atomic mass is 35.5. The van der Waals surface area contributed by atoms with Crippen LogP contribution in [0.25, 0.3) is 0 Å². The SMILES string of the molecule is CN1CCC(n2cc([N+](=O)[O-])c(Cl)n2)CC1. The summed E-state index contributed by atoms with van der Waals surface area (Å²) in [5.41, 5.74) is -0.111. The van der Waals surface area contributed by atoms with Crippen LogP contribution in [0.5, 0.6) is 0 Å². The second kappa shape index (κ2) is 4.39. The van der Waals surface area contributed by atoms with Crippen molar-refractivity contribution in [2.75, 3.05) is 20.1 Å². The molecule has 1 aliphatic rings. The zero-order chi connectivity index (χ0) is 11.7. The van der Waals surface area contributed by atoms with Gasteiger partial charge in [0.1, 0.15) is 6.20 Å². The largest absolute Gasteiger partial charge is 0.325 e. The fraction of sp³-hybridized carbons (Fsp3) is 0.667. The van der Waals surface area contributed by atoms with Gasteiger partial charge in [-0.1, -0.05) is 11.6 Å². The Balaban J connectivity index is 2.15. The van der Waals surface area contributed by atoms with Crippen molar-refractivity contribution in [3.05, 3.63) is 21.5 Å². The molecule has 0 bridgehead atoms. The molecule has 1 fully saturated rings. The molecule has 0 radical (unpaired) electrons. The molecular weight excluding hydrogens is 232 g/mol. The van der Waals surface area contributed by atoms with Gasteiger partial charge in [0.25, 0.3) is 0 Å². The Labute approximate surface area is 97.9 Å². The van der Waals surface area contributed by atoms with Crippen LogP contribution in [0, 0.1) is 10.1 Å². The van der Waals surface area contributed by atoms with E-state index in [0.29, 0.717) is 0 Å². The number of hydrogen-bond acceptors (Lipinski definition) is 4. The van der Waals surface area contributed by atoms with Gasteiger partial charge < -0.3 is 4.90 Å². The highest BCUT2D eigenvalue weighted by Gasteiger charge is 2.24. The maximum Gasteiger partial charge on any atom is 0.325 e. The molecule has 0 aliphatic carbocycles. The molecule has 16 heavy (non-hydrogen) atoms. The van der Waals surface area contributed by atoms with Gasteiger partial charge in [-0.15, -0.1) is 0 Å². The molecule has 7 heteroatoms. The quantitative estimate of drug-likeness (QED) is 0.587. The van der Waals surface area contributed by atoms with Gasteiger partial charge in [-0.05, 0) is 33.0 Å². The number of aromatic nitrogens is 2. The lowest BCUT2D eigenvalue weighted by atomic mass is 10.1. The lowest BCUT2D eigenvalue weighted by Gasteiger charge is -2.28. The zero-order valence-corrected chi connectivity index (χ0v) is 9.72. The minimum absolute atomic E-state index is 0.0241. The molecule has 0 N–H and O–H groups in total. The van der Waals surface area contributed by atoms with Crippen LogP contribution in [0.15, 0.2) is 6.20 Å². The molecule has 1 saturated heterocycles. The molecule has 0 aromatic carbocycles. The second-order valence-electron chi connectivity index (χ2n) is 4.08. The van der Waals surface area contributed by atoms with Crippen LogP contribution in [0.2, 0.25) is 5.15 Å². The van der Waals surface area contributed by atoms with Crippen molar-refractivity contribution in [2.24, 2.45) is 0 Å². The summed E-state index contributed by atoms with van der Waals surface area (Å²) in [7, 11) is 2.06. The van der Waals surface area contributed by atoms with E-state index >= 15 is 0 Å². The number of nitro groups is 1. The third-order valence-electron chi connectivity index (χ3n) is 2.93. The molecule has 1 aromatic rings. The summed E-state index contributed by atoms with van der Waals surface area (Å²) in [5, 5.41) is 14.6. The summed E-state index contributed by atoms with van der Waals surface area (Å²) in [6.07, 6.45) is 3.33. The van der Waals surface area contributed by atoms with Crippen LogP contribution < -0.4 is 0 Å². The van der Waals surface area contributed by atoms with E-state index in [-0.39, 0.29) is 16.9 Å². The number of hydrogen-bond donors (Lipinski definition) is 0. The standard InChI is InChI=1S/C9H13ClN4O2/c1-12-4-2-7(3-5-12)13-6-8(14(15)16)9(10)11-13/h6-7H,2-5H2,1H3. The predicted octanol–water partition coefficient (Wildman–Crippen LogP) is 1.71. The second-order valence-corrected chi connectivity index (χ2v) is 4.43. The van der Waals surface area contributed by atoms with Crippen molar-refractivity contribution in [2.45, 2.75) is 18.9 Å². The maximum absolute atomic E-state index is 10.6. The van der Waals surface area contributed by atoms with Crippen molar-refractivity contribution >= 4 is 17.3 Å². The van der Waals surface area contributed by atoms with E-state index in [1.807, 2.05) is 0 Å². The Bertz CT molecular complexity index is 398. The summed E-state index contributed by atoms with van der Waals surface area (Å²) in [5.74, 6) is 0. The molecule has 0 spiro atoms. The van der Waals surface area contributed by atoms with Gasteiger partial charge in [0, 0.05) is 0 Å². The molecule has 2 heterocycles. The third kappa shape index (κ3) is 2.17. The average Bonchev–Trinajstić information content (AvgIpc) is 2.61. The van der Waals surface area contributed by atoms with Crippen LogP contribution in [0.3, 0.4) is 0 Å². The summed E-state index contributed by atoms with van der Waals surface area (Å²) < 4.78 is 1.63.